The van der Waals surface area contributed by atoms with Crippen LogP contribution in [-0.4, -0.2) is 47.1 Å². The van der Waals surface area contributed by atoms with Gasteiger partial charge in [-0.05, 0) is 82.5 Å². The van der Waals surface area contributed by atoms with Gasteiger partial charge in [0.05, 0.1) is 15.8 Å². The maximum Gasteiger partial charge on any atom is 0.332 e. The van der Waals surface area contributed by atoms with Crippen LogP contribution in [0.2, 0.25) is 0 Å². The second-order valence-corrected chi connectivity index (χ2v) is 11.4. The molecule has 0 bridgehead atoms. The number of anilines is 2. The maximum atomic E-state index is 13.3. The monoisotopic (exact) mass is 456 g/mol. The number of nitrogens with one attached hydrogen (secondary N) is 1. The molecule has 1 aliphatic carbocycles. The van der Waals surface area contributed by atoms with Gasteiger partial charge in [-0.15, -0.1) is 0 Å². The van der Waals surface area contributed by atoms with Gasteiger partial charge in [0.25, 0.3) is 5.91 Å². The van der Waals surface area contributed by atoms with E-state index < -0.39 is 21.4 Å². The highest BCUT2D eigenvalue weighted by Crippen LogP contribution is 2.36. The normalized spacial score (nSPS) is 18.5. The molecular formula is C23H28N4O4S. The maximum absolute atomic E-state index is 13.3. The van der Waals surface area contributed by atoms with Crippen LogP contribution in [0, 0.1) is 0 Å². The molecule has 3 amide bonds. The quantitative estimate of drug-likeness (QED) is 0.639. The molecule has 170 valence electrons. The summed E-state index contributed by atoms with van der Waals surface area (Å²) < 4.78 is 24.9. The van der Waals surface area contributed by atoms with Gasteiger partial charge in [-0.1, -0.05) is 0 Å². The van der Waals surface area contributed by atoms with Crippen molar-refractivity contribution >= 4 is 33.3 Å². The first-order valence-corrected chi connectivity index (χ1v) is 12.3. The van der Waals surface area contributed by atoms with Crippen LogP contribution in [-0.2, 0) is 21.2 Å². The van der Waals surface area contributed by atoms with Gasteiger partial charge in [-0.2, -0.15) is 0 Å². The Balaban J connectivity index is 1.58. The van der Waals surface area contributed by atoms with Gasteiger partial charge in [-0.3, -0.25) is 4.79 Å². The number of nitrogens with zero attached hydrogens (tertiary/aromatic N) is 3. The number of hydrogen-bond acceptors (Lipinski definition) is 6. The molecule has 1 N–H and O–H groups in total. The van der Waals surface area contributed by atoms with Crippen molar-refractivity contribution in [2.24, 2.45) is 0 Å². The van der Waals surface area contributed by atoms with E-state index in [0.29, 0.717) is 24.3 Å². The molecule has 1 aromatic heterocycles. The molecule has 1 saturated heterocycles. The lowest BCUT2D eigenvalue weighted by Gasteiger charge is -2.27. The van der Waals surface area contributed by atoms with Crippen LogP contribution in [0.5, 0.6) is 0 Å². The van der Waals surface area contributed by atoms with E-state index in [9.17, 15) is 18.0 Å². The molecule has 32 heavy (non-hydrogen) atoms. The molecule has 9 heteroatoms. The number of urea groups is 1. The highest BCUT2D eigenvalue weighted by Gasteiger charge is 2.51. The molecule has 0 unspecified atom stereocenters. The van der Waals surface area contributed by atoms with Crippen molar-refractivity contribution in [2.75, 3.05) is 10.2 Å². The molecule has 1 saturated carbocycles. The van der Waals surface area contributed by atoms with Gasteiger partial charge >= 0.3 is 6.03 Å². The van der Waals surface area contributed by atoms with Gasteiger partial charge in [-0.25, -0.2) is 23.1 Å². The zero-order valence-corrected chi connectivity index (χ0v) is 19.5. The van der Waals surface area contributed by atoms with Crippen LogP contribution in [0.1, 0.15) is 46.1 Å². The van der Waals surface area contributed by atoms with E-state index in [1.807, 2.05) is 26.0 Å². The summed E-state index contributed by atoms with van der Waals surface area (Å²) in [5, 5.41) is 2.92. The summed E-state index contributed by atoms with van der Waals surface area (Å²) >= 11 is 0. The van der Waals surface area contributed by atoms with E-state index in [-0.39, 0.29) is 28.6 Å². The predicted molar refractivity (Wildman–Crippen MR) is 122 cm³/mol. The Morgan fingerprint density at radius 3 is 2.38 bits per heavy atom. The first-order valence-electron chi connectivity index (χ1n) is 10.7. The van der Waals surface area contributed by atoms with E-state index in [2.05, 4.69) is 10.3 Å². The zero-order chi connectivity index (χ0) is 23.3. The van der Waals surface area contributed by atoms with E-state index in [1.165, 1.54) is 29.2 Å². The third-order valence-electron chi connectivity index (χ3n) is 5.81. The van der Waals surface area contributed by atoms with Crippen LogP contribution in [0.3, 0.4) is 0 Å². The Morgan fingerprint density at radius 1 is 1.12 bits per heavy atom. The molecule has 2 heterocycles. The average Bonchev–Trinajstić information content (AvgIpc) is 3.56. The highest BCUT2D eigenvalue weighted by molar-refractivity contribution is 7.92. The summed E-state index contributed by atoms with van der Waals surface area (Å²) in [4.78, 5) is 33.6. The van der Waals surface area contributed by atoms with Gasteiger partial charge in [0, 0.05) is 18.8 Å². The Bertz CT molecular complexity index is 1150. The smallest absolute Gasteiger partial charge is 0.332 e. The van der Waals surface area contributed by atoms with Gasteiger partial charge < -0.3 is 10.2 Å². The van der Waals surface area contributed by atoms with Crippen molar-refractivity contribution in [3.05, 3.63) is 48.2 Å². The first-order chi connectivity index (χ1) is 15.0. The second-order valence-electron chi connectivity index (χ2n) is 9.15. The number of imide groups is 1. The van der Waals surface area contributed by atoms with Gasteiger partial charge in [0.2, 0.25) is 0 Å². The number of benzene rings is 1. The summed E-state index contributed by atoms with van der Waals surface area (Å²) in [7, 11) is -3.33. The summed E-state index contributed by atoms with van der Waals surface area (Å²) in [6, 6.07) is 9.48. The minimum absolute atomic E-state index is 0.214. The van der Waals surface area contributed by atoms with Crippen LogP contribution >= 0.6 is 0 Å². The van der Waals surface area contributed by atoms with Crippen molar-refractivity contribution in [2.45, 2.75) is 68.8 Å². The molecule has 1 aromatic carbocycles. The van der Waals surface area contributed by atoms with E-state index in [4.69, 9.17) is 0 Å². The zero-order valence-electron chi connectivity index (χ0n) is 18.7. The lowest BCUT2D eigenvalue weighted by Crippen LogP contribution is -2.43. The number of carbonyl (C=O) groups excluding carboxylic acids is 2. The first kappa shape index (κ1) is 22.3. The Hall–Kier alpha value is -2.94. The fourth-order valence-electron chi connectivity index (χ4n) is 3.81. The molecule has 2 aromatic rings. The molecule has 4 rings (SSSR count). The van der Waals surface area contributed by atoms with Crippen molar-refractivity contribution in [1.29, 1.82) is 0 Å². The van der Waals surface area contributed by atoms with Crippen LogP contribution in [0.25, 0.3) is 0 Å². The number of aromatic nitrogens is 1. The Morgan fingerprint density at radius 2 is 1.78 bits per heavy atom. The number of sulfone groups is 1. The molecule has 0 atom stereocenters. The molecule has 1 aliphatic heterocycles. The summed E-state index contributed by atoms with van der Waals surface area (Å²) in [5.41, 5.74) is 0.164. The third kappa shape index (κ3) is 3.97. The number of hydrogen-bond donors (Lipinski definition) is 1. The highest BCUT2D eigenvalue weighted by atomic mass is 32.2. The molecule has 2 aliphatic rings. The van der Waals surface area contributed by atoms with Crippen molar-refractivity contribution < 1.29 is 18.0 Å². The van der Waals surface area contributed by atoms with Crippen molar-refractivity contribution in [3.63, 3.8) is 0 Å². The molecule has 0 radical (unpaired) electrons. The predicted octanol–water partition coefficient (Wildman–Crippen LogP) is 3.59. The fourth-order valence-corrected chi connectivity index (χ4v) is 5.47. The summed E-state index contributed by atoms with van der Waals surface area (Å²) in [5.74, 6) is 0.354. The van der Waals surface area contributed by atoms with Gasteiger partial charge in [0.1, 0.15) is 11.4 Å². The van der Waals surface area contributed by atoms with E-state index >= 15 is 0 Å². The van der Waals surface area contributed by atoms with Crippen LogP contribution in [0.4, 0.5) is 16.3 Å². The average molecular weight is 457 g/mol. The standard InChI is InChI=1S/C23H28N4O4S/c1-15(2)25-20-13-16(11-12-24-20)14-26-22(29)27(21(28)23(26,3)4)17-5-7-18(8-6-17)32(30,31)19-9-10-19/h5-8,11-13,15,19H,9-10,14H2,1-4H3,(H,24,25). The number of carbonyl (C=O) groups is 2. The minimum atomic E-state index is -3.33. The molecule has 0 spiro atoms. The summed E-state index contributed by atoms with van der Waals surface area (Å²) in [6.45, 7) is 7.71. The van der Waals surface area contributed by atoms with Crippen LogP contribution in [0.15, 0.2) is 47.5 Å². The Kier molecular flexibility index (Phi) is 5.48. The third-order valence-corrected chi connectivity index (χ3v) is 8.09. The fraction of sp³-hybridized carbons (Fsp3) is 0.435. The van der Waals surface area contributed by atoms with Crippen LogP contribution < -0.4 is 10.2 Å². The molecular weight excluding hydrogens is 428 g/mol. The Labute approximate surface area is 188 Å². The summed E-state index contributed by atoms with van der Waals surface area (Å²) in [6.07, 6.45) is 3.03. The lowest BCUT2D eigenvalue weighted by molar-refractivity contribution is -0.123. The number of amides is 3. The molecule has 2 fully saturated rings. The second kappa shape index (κ2) is 7.88. The van der Waals surface area contributed by atoms with Gasteiger partial charge in [0.15, 0.2) is 9.84 Å². The van der Waals surface area contributed by atoms with Crippen molar-refractivity contribution in [1.82, 2.24) is 9.88 Å². The van der Waals surface area contributed by atoms with E-state index in [1.54, 1.807) is 20.0 Å². The number of pyridine rings is 1. The van der Waals surface area contributed by atoms with E-state index in [0.717, 1.165) is 10.5 Å². The largest absolute Gasteiger partial charge is 0.368 e. The SMILES string of the molecule is CC(C)Nc1cc(CN2C(=O)N(c3ccc(S(=O)(=O)C4CC4)cc3)C(=O)C2(C)C)ccn1. The molecule has 8 nitrogen and oxygen atoms in total. The lowest BCUT2D eigenvalue weighted by atomic mass is 10.0. The number of rotatable bonds is 7. The van der Waals surface area contributed by atoms with Crippen molar-refractivity contribution in [3.8, 4) is 0 Å². The minimum Gasteiger partial charge on any atom is -0.368 e. The topological polar surface area (TPSA) is 99.7 Å².